The van der Waals surface area contributed by atoms with Crippen molar-refractivity contribution in [1.82, 2.24) is 48.8 Å². The summed E-state index contributed by atoms with van der Waals surface area (Å²) >= 11 is 3.35. The average molecular weight is 1420 g/mol. The zero-order chi connectivity index (χ0) is 69.4. The lowest BCUT2D eigenvalue weighted by molar-refractivity contribution is -0.126. The third-order valence-corrected chi connectivity index (χ3v) is 24.4. The van der Waals surface area contributed by atoms with Crippen molar-refractivity contribution in [3.05, 3.63) is 125 Å². The van der Waals surface area contributed by atoms with Crippen LogP contribution in [0.4, 0.5) is 43.2 Å². The molecule has 9 aliphatic rings. The number of halogens is 3. The molecule has 0 atom stereocenters. The number of benzene rings is 2. The van der Waals surface area contributed by atoms with Crippen LogP contribution in [-0.2, 0) is 29.7 Å². The van der Waals surface area contributed by atoms with Crippen LogP contribution in [0.2, 0.25) is 0 Å². The van der Waals surface area contributed by atoms with Crippen molar-refractivity contribution in [3.8, 4) is 11.3 Å². The minimum Gasteiger partial charge on any atom is -0.399 e. The largest absolute Gasteiger partial charge is 0.494 e. The molecule has 0 unspecified atom stereocenters. The zero-order valence-electron chi connectivity index (χ0n) is 59.4. The molecule has 0 radical (unpaired) electrons. The van der Waals surface area contributed by atoms with Gasteiger partial charge in [-0.1, -0.05) is 75.6 Å². The second-order valence-electron chi connectivity index (χ2n) is 31.3. The molecule has 4 saturated carbocycles. The van der Waals surface area contributed by atoms with Crippen LogP contribution in [0.15, 0.2) is 103 Å². The second kappa shape index (κ2) is 27.5. The number of imidazole rings is 2. The first-order valence-corrected chi connectivity index (χ1v) is 37.9. The Morgan fingerprint density at radius 2 is 0.980 bits per heavy atom. The molecule has 5 aliphatic heterocycles. The number of likely N-dealkylation sites (tertiary alicyclic amines) is 2. The van der Waals surface area contributed by atoms with Gasteiger partial charge in [-0.25, -0.2) is 28.7 Å². The predicted molar refractivity (Wildman–Crippen MR) is 395 cm³/mol. The maximum atomic E-state index is 14.7. The molecule has 8 aromatic rings. The summed E-state index contributed by atoms with van der Waals surface area (Å²) in [5.41, 5.74) is 9.80. The van der Waals surface area contributed by atoms with E-state index >= 15 is 0 Å². The number of carbonyl (C=O) groups excluding carboxylic acids is 2. The van der Waals surface area contributed by atoms with E-state index in [1.807, 2.05) is 23.0 Å². The van der Waals surface area contributed by atoms with Crippen molar-refractivity contribution in [2.45, 2.75) is 242 Å². The van der Waals surface area contributed by atoms with Crippen LogP contribution >= 0.6 is 15.9 Å². The third-order valence-electron chi connectivity index (χ3n) is 24.0. The molecule has 18 nitrogen and oxygen atoms in total. The van der Waals surface area contributed by atoms with Crippen molar-refractivity contribution in [2.75, 3.05) is 46.6 Å². The Labute approximate surface area is 595 Å². The van der Waals surface area contributed by atoms with E-state index in [-0.39, 0.29) is 34.7 Å². The molecule has 100 heavy (non-hydrogen) atoms. The molecule has 526 valence electrons. The van der Waals surface area contributed by atoms with Crippen LogP contribution in [0.5, 0.6) is 0 Å². The van der Waals surface area contributed by atoms with Gasteiger partial charge in [0.15, 0.2) is 23.3 Å². The Balaban J connectivity index is 0.000000130. The van der Waals surface area contributed by atoms with E-state index in [2.05, 4.69) is 162 Å². The molecule has 11 heterocycles. The summed E-state index contributed by atoms with van der Waals surface area (Å²) in [6.45, 7) is 21.5. The number of fused-ring (bicyclic) bond motifs is 6. The van der Waals surface area contributed by atoms with Crippen LogP contribution in [-0.4, -0.2) is 129 Å². The van der Waals surface area contributed by atoms with Gasteiger partial charge in [-0.05, 0) is 228 Å². The number of nitrogens with zero attached hydrogens (tertiary/aromatic N) is 12. The standard InChI is InChI=1S/C36H42FN7O.C28H41BN2O3.C14H13BrFN5/c1-23(2)43-22-39-31-20-30(41-34(33(31)43)40-29-11-14-38-21-28(29)37)24-9-10-27-32(17-24)44(35(45)36(27)12-5-3-6-13-36)26-18-25(19-26)42-15-7-4-8-16-42;1-26(2)27(3,4)34-29(33-26)20-11-12-23-24(17-20)31(25(32)28(23)13-7-5-8-14-28)22-18-21(19-22)30-15-9-6-10-16-30;1-8(2)21-7-18-11-5-12(15)20-14(13(11)21)19-10-3-4-17-6-9(10)16/h9-11,14,17,20-23,25-26H,3-8,12-13,15-16,18-19H2,1-2H3,(H,38,40,41);11-12,17,21-22H,5-10,13-16,18-19H2,1-4H3;3-8H,1-2H3,(H,17,19,20). The Morgan fingerprint density at radius 1 is 0.540 bits per heavy atom. The number of piperidine rings is 2. The topological polar surface area (TPSA) is 177 Å². The van der Waals surface area contributed by atoms with E-state index < -0.39 is 24.2 Å². The monoisotopic (exact) mass is 1420 g/mol. The first-order chi connectivity index (χ1) is 48.2. The van der Waals surface area contributed by atoms with Crippen LogP contribution < -0.4 is 25.9 Å². The molecule has 22 heteroatoms. The van der Waals surface area contributed by atoms with Crippen LogP contribution in [0.25, 0.3) is 33.3 Å². The van der Waals surface area contributed by atoms with Gasteiger partial charge in [-0.2, -0.15) is 0 Å². The predicted octanol–water partition coefficient (Wildman–Crippen LogP) is 16.1. The highest BCUT2D eigenvalue weighted by molar-refractivity contribution is 9.10. The summed E-state index contributed by atoms with van der Waals surface area (Å²) in [5.74, 6) is 0.903. The second-order valence-corrected chi connectivity index (χ2v) is 32.1. The minimum atomic E-state index is -0.443. The number of nitrogens with one attached hydrogen (secondary N) is 2. The third kappa shape index (κ3) is 12.5. The van der Waals surface area contributed by atoms with Crippen LogP contribution in [0, 0.1) is 11.6 Å². The summed E-state index contributed by atoms with van der Waals surface area (Å²) < 4.78 is 45.9. The molecule has 4 aliphatic carbocycles. The number of carbonyl (C=O) groups is 2. The molecular weight excluding hydrogens is 1330 g/mol. The summed E-state index contributed by atoms with van der Waals surface area (Å²) in [5, 5.41) is 6.26. The number of hydrogen-bond acceptors (Lipinski definition) is 14. The summed E-state index contributed by atoms with van der Waals surface area (Å²) in [6, 6.07) is 22.3. The van der Waals surface area contributed by atoms with E-state index in [1.54, 1.807) is 24.7 Å². The molecule has 2 spiro atoms. The normalized spacial score (nSPS) is 23.7. The van der Waals surface area contributed by atoms with Gasteiger partial charge < -0.3 is 48.7 Å². The highest BCUT2D eigenvalue weighted by Crippen LogP contribution is 2.55. The zero-order valence-corrected chi connectivity index (χ0v) is 61.0. The highest BCUT2D eigenvalue weighted by Gasteiger charge is 2.58. The van der Waals surface area contributed by atoms with E-state index in [4.69, 9.17) is 19.3 Å². The van der Waals surface area contributed by atoms with Gasteiger partial charge in [0.1, 0.15) is 15.6 Å². The van der Waals surface area contributed by atoms with Crippen molar-refractivity contribution < 1.29 is 27.7 Å². The highest BCUT2D eigenvalue weighted by atomic mass is 79.9. The number of aromatic nitrogens is 8. The van der Waals surface area contributed by atoms with Gasteiger partial charge in [0.2, 0.25) is 11.8 Å². The van der Waals surface area contributed by atoms with E-state index in [9.17, 15) is 18.4 Å². The van der Waals surface area contributed by atoms with E-state index in [0.717, 1.165) is 133 Å². The first-order valence-electron chi connectivity index (χ1n) is 37.1. The molecule has 3 saturated heterocycles. The smallest absolute Gasteiger partial charge is 0.399 e. The molecule has 0 bridgehead atoms. The van der Waals surface area contributed by atoms with Gasteiger partial charge in [0.25, 0.3) is 0 Å². The van der Waals surface area contributed by atoms with Crippen LogP contribution in [0.3, 0.4) is 0 Å². The fourth-order valence-corrected chi connectivity index (χ4v) is 18.0. The lowest BCUT2D eigenvalue weighted by atomic mass is 9.69. The number of rotatable bonds is 12. The summed E-state index contributed by atoms with van der Waals surface area (Å²) in [4.78, 5) is 64.6. The van der Waals surface area contributed by atoms with E-state index in [0.29, 0.717) is 57.6 Å². The first kappa shape index (κ1) is 68.5. The Bertz CT molecular complexity index is 4340. The van der Waals surface area contributed by atoms with E-state index in [1.165, 1.54) is 101 Å². The summed E-state index contributed by atoms with van der Waals surface area (Å²) in [6.07, 6.45) is 32.1. The van der Waals surface area contributed by atoms with Gasteiger partial charge in [0.05, 0.1) is 75.2 Å². The lowest BCUT2D eigenvalue weighted by Gasteiger charge is -2.48. The van der Waals surface area contributed by atoms with Crippen molar-refractivity contribution in [3.63, 3.8) is 0 Å². The Hall–Kier alpha value is -7.24. The molecule has 17 rings (SSSR count). The van der Waals surface area contributed by atoms with Gasteiger partial charge in [0, 0.05) is 65.6 Å². The number of pyridine rings is 4. The maximum absolute atomic E-state index is 14.7. The average Bonchev–Trinajstić information content (AvgIpc) is 1.56. The quantitative estimate of drug-likeness (QED) is 0.0872. The van der Waals surface area contributed by atoms with Crippen molar-refractivity contribution in [1.29, 1.82) is 0 Å². The number of hydrogen-bond donors (Lipinski definition) is 2. The minimum absolute atomic E-state index is 0.146. The fraction of sp³-hybridized carbons (Fsp3) is 0.538. The van der Waals surface area contributed by atoms with Gasteiger partial charge in [-0.3, -0.25) is 19.6 Å². The van der Waals surface area contributed by atoms with Crippen molar-refractivity contribution in [2.24, 2.45) is 0 Å². The maximum Gasteiger partial charge on any atom is 0.494 e. The SMILES string of the molecule is CC(C)n1cnc2cc(-c3ccc4c(c3)N(C3CC(N5CCCCC5)C3)C(=O)C43CCCCC3)nc(Nc3ccncc3F)c21.CC(C)n1cnc2cc(Br)nc(Nc3ccncc3F)c21.CC1(C)OB(c2ccc3c(c2)N(C2CC(N4CCCCC4)C2)C(=O)C32CCCCC2)OC1(C)C. The van der Waals surface area contributed by atoms with Gasteiger partial charge in [-0.15, -0.1) is 0 Å². The lowest BCUT2D eigenvalue weighted by Crippen LogP contribution is -2.57. The molecule has 2 aromatic carbocycles. The number of amides is 2. The number of anilines is 6. The Kier molecular flexibility index (Phi) is 18.9. The summed E-state index contributed by atoms with van der Waals surface area (Å²) in [7, 11) is -0.391. The van der Waals surface area contributed by atoms with Gasteiger partial charge >= 0.3 is 7.12 Å². The molecule has 2 amide bonds. The fourth-order valence-electron chi connectivity index (χ4n) is 17.6. The molecule has 6 aromatic heterocycles. The van der Waals surface area contributed by atoms with Crippen molar-refractivity contribution >= 4 is 96.8 Å². The Morgan fingerprint density at radius 3 is 1.45 bits per heavy atom. The van der Waals surface area contributed by atoms with Crippen LogP contribution in [0.1, 0.15) is 207 Å². The molecule has 2 N–H and O–H groups in total. The molecule has 7 fully saturated rings. The molecular formula is C78H96BBrF2N14O4.